The van der Waals surface area contributed by atoms with Crippen LogP contribution in [-0.4, -0.2) is 35.7 Å². The lowest BCUT2D eigenvalue weighted by atomic mass is 10.1. The number of carboxylic acid groups (broad SMARTS) is 1. The lowest BCUT2D eigenvalue weighted by molar-refractivity contribution is -0.143. The van der Waals surface area contributed by atoms with Crippen molar-refractivity contribution < 1.29 is 19.4 Å². The van der Waals surface area contributed by atoms with E-state index in [9.17, 15) is 9.59 Å². The molecule has 1 rings (SSSR count). The second-order valence-electron chi connectivity index (χ2n) is 3.77. The number of carbonyl (C=O) groups excluding carboxylic acids is 1. The van der Waals surface area contributed by atoms with E-state index in [1.165, 1.54) is 0 Å². The molecule has 90 valence electrons. The first-order valence-electron chi connectivity index (χ1n) is 5.41. The van der Waals surface area contributed by atoms with E-state index in [0.717, 1.165) is 6.42 Å². The minimum atomic E-state index is -1.02. The Bertz CT molecular complexity index is 271. The third-order valence-corrected chi connectivity index (χ3v) is 2.50. The van der Waals surface area contributed by atoms with Gasteiger partial charge in [0.2, 0.25) is 5.91 Å². The third kappa shape index (κ3) is 3.66. The molecule has 0 unspecified atom stereocenters. The number of hydrogen-bond donors (Lipinski definition) is 2. The smallest absolute Gasteiger partial charge is 0.326 e. The molecule has 0 bridgehead atoms. The van der Waals surface area contributed by atoms with E-state index in [1.807, 2.05) is 0 Å². The average Bonchev–Trinajstić information content (AvgIpc) is 2.76. The number of aliphatic carboxylic acids is 1. The zero-order valence-electron chi connectivity index (χ0n) is 9.15. The van der Waals surface area contributed by atoms with Gasteiger partial charge in [0.05, 0.1) is 0 Å². The Hall–Kier alpha value is -1.36. The Morgan fingerprint density at radius 3 is 2.88 bits per heavy atom. The molecule has 1 fully saturated rings. The van der Waals surface area contributed by atoms with Crippen molar-refractivity contribution in [1.29, 1.82) is 0 Å². The van der Waals surface area contributed by atoms with Crippen molar-refractivity contribution in [1.82, 2.24) is 5.32 Å². The quantitative estimate of drug-likeness (QED) is 0.655. The maximum atomic E-state index is 11.6. The highest BCUT2D eigenvalue weighted by Crippen LogP contribution is 2.12. The van der Waals surface area contributed by atoms with E-state index >= 15 is 0 Å². The normalized spacial score (nSPS) is 21.4. The maximum Gasteiger partial charge on any atom is 0.326 e. The van der Waals surface area contributed by atoms with E-state index in [1.54, 1.807) is 6.08 Å². The topological polar surface area (TPSA) is 75.6 Å². The van der Waals surface area contributed by atoms with Gasteiger partial charge in [0.1, 0.15) is 12.1 Å². The molecule has 0 spiro atoms. The lowest BCUT2D eigenvalue weighted by Gasteiger charge is -2.16. The fraction of sp³-hybridized carbons (Fsp3) is 0.636. The molecule has 0 saturated carbocycles. The molecule has 16 heavy (non-hydrogen) atoms. The first-order chi connectivity index (χ1) is 7.65. The maximum absolute atomic E-state index is 11.6. The molecule has 0 aliphatic carbocycles. The molecule has 0 aromatic heterocycles. The summed E-state index contributed by atoms with van der Waals surface area (Å²) in [6.45, 7) is 4.09. The van der Waals surface area contributed by atoms with Gasteiger partial charge >= 0.3 is 5.97 Å². The predicted molar refractivity (Wildman–Crippen MR) is 58.0 cm³/mol. The van der Waals surface area contributed by atoms with Crippen LogP contribution in [0, 0.1) is 0 Å². The molecule has 1 aliphatic heterocycles. The van der Waals surface area contributed by atoms with E-state index < -0.39 is 18.1 Å². The molecule has 1 amide bonds. The van der Waals surface area contributed by atoms with Gasteiger partial charge in [0, 0.05) is 6.61 Å². The second kappa shape index (κ2) is 6.27. The molecule has 0 aromatic rings. The van der Waals surface area contributed by atoms with Crippen LogP contribution >= 0.6 is 0 Å². The van der Waals surface area contributed by atoms with Crippen LogP contribution in [0.2, 0.25) is 0 Å². The Morgan fingerprint density at radius 2 is 2.38 bits per heavy atom. The van der Waals surface area contributed by atoms with Crippen LogP contribution in [-0.2, 0) is 14.3 Å². The van der Waals surface area contributed by atoms with Crippen molar-refractivity contribution in [3.05, 3.63) is 12.7 Å². The first kappa shape index (κ1) is 12.7. The van der Waals surface area contributed by atoms with Crippen molar-refractivity contribution >= 4 is 11.9 Å². The fourth-order valence-electron chi connectivity index (χ4n) is 1.59. The number of nitrogens with one attached hydrogen (secondary N) is 1. The summed E-state index contributed by atoms with van der Waals surface area (Å²) in [4.78, 5) is 22.5. The molecule has 2 atom stereocenters. The van der Waals surface area contributed by atoms with E-state index in [2.05, 4.69) is 11.9 Å². The third-order valence-electron chi connectivity index (χ3n) is 2.50. The number of carbonyl (C=O) groups is 2. The van der Waals surface area contributed by atoms with Gasteiger partial charge in [-0.3, -0.25) is 4.79 Å². The number of rotatable bonds is 6. The van der Waals surface area contributed by atoms with Crippen LogP contribution in [0.25, 0.3) is 0 Å². The highest BCUT2D eigenvalue weighted by Gasteiger charge is 2.27. The largest absolute Gasteiger partial charge is 0.480 e. The van der Waals surface area contributed by atoms with Crippen LogP contribution < -0.4 is 5.32 Å². The highest BCUT2D eigenvalue weighted by molar-refractivity contribution is 5.86. The summed E-state index contributed by atoms with van der Waals surface area (Å²) in [6.07, 6.45) is 3.58. The molecule has 1 heterocycles. The van der Waals surface area contributed by atoms with Crippen molar-refractivity contribution in [2.24, 2.45) is 0 Å². The van der Waals surface area contributed by atoms with Crippen molar-refractivity contribution in [3.8, 4) is 0 Å². The summed E-state index contributed by atoms with van der Waals surface area (Å²) in [5.74, 6) is -1.35. The van der Waals surface area contributed by atoms with Crippen LogP contribution in [0.15, 0.2) is 12.7 Å². The van der Waals surface area contributed by atoms with E-state index in [0.29, 0.717) is 25.9 Å². The molecule has 1 aliphatic rings. The number of hydrogen-bond acceptors (Lipinski definition) is 3. The predicted octanol–water partition coefficient (Wildman–Crippen LogP) is 0.701. The van der Waals surface area contributed by atoms with Gasteiger partial charge in [0.25, 0.3) is 0 Å². The Balaban J connectivity index is 2.43. The fourth-order valence-corrected chi connectivity index (χ4v) is 1.59. The number of amides is 1. The minimum absolute atomic E-state index is 0.325. The lowest BCUT2D eigenvalue weighted by Crippen LogP contribution is -2.45. The van der Waals surface area contributed by atoms with Crippen LogP contribution in [0.1, 0.15) is 25.7 Å². The monoisotopic (exact) mass is 227 g/mol. The number of carboxylic acids is 1. The van der Waals surface area contributed by atoms with Gasteiger partial charge in [-0.25, -0.2) is 4.79 Å². The summed E-state index contributed by atoms with van der Waals surface area (Å²) < 4.78 is 5.17. The van der Waals surface area contributed by atoms with Gasteiger partial charge in [-0.15, -0.1) is 6.58 Å². The standard InChI is InChI=1S/C11H17NO4/c1-2-3-5-8(11(14)15)12-10(13)9-6-4-7-16-9/h2,8-9H,1,3-7H2,(H,12,13)(H,14,15)/t8-,9-/m0/s1. The van der Waals surface area contributed by atoms with Crippen molar-refractivity contribution in [2.75, 3.05) is 6.61 Å². The Kier molecular flexibility index (Phi) is 4.98. The molecule has 1 saturated heterocycles. The van der Waals surface area contributed by atoms with Crippen molar-refractivity contribution in [3.63, 3.8) is 0 Å². The van der Waals surface area contributed by atoms with Gasteiger partial charge in [0.15, 0.2) is 0 Å². The van der Waals surface area contributed by atoms with E-state index in [-0.39, 0.29) is 5.91 Å². The molecular weight excluding hydrogens is 210 g/mol. The zero-order chi connectivity index (χ0) is 12.0. The van der Waals surface area contributed by atoms with Gasteiger partial charge in [-0.1, -0.05) is 6.08 Å². The average molecular weight is 227 g/mol. The van der Waals surface area contributed by atoms with Crippen LogP contribution in [0.5, 0.6) is 0 Å². The summed E-state index contributed by atoms with van der Waals surface area (Å²) in [5, 5.41) is 11.4. The van der Waals surface area contributed by atoms with Gasteiger partial charge < -0.3 is 15.2 Å². The summed E-state index contributed by atoms with van der Waals surface area (Å²) in [6, 6.07) is -0.852. The van der Waals surface area contributed by atoms with Gasteiger partial charge in [-0.05, 0) is 25.7 Å². The molecule has 0 radical (unpaired) electrons. The van der Waals surface area contributed by atoms with Crippen LogP contribution in [0.3, 0.4) is 0 Å². The molecular formula is C11H17NO4. The SMILES string of the molecule is C=CCC[C@H](NC(=O)[C@@H]1CCCO1)C(=O)O. The van der Waals surface area contributed by atoms with Gasteiger partial charge in [-0.2, -0.15) is 0 Å². The number of allylic oxidation sites excluding steroid dienone is 1. The Morgan fingerprint density at radius 1 is 1.62 bits per heavy atom. The summed E-state index contributed by atoms with van der Waals surface area (Å²) >= 11 is 0. The van der Waals surface area contributed by atoms with Crippen LogP contribution in [0.4, 0.5) is 0 Å². The summed E-state index contributed by atoms with van der Waals surface area (Å²) in [7, 11) is 0. The van der Waals surface area contributed by atoms with Crippen molar-refractivity contribution in [2.45, 2.75) is 37.8 Å². The highest BCUT2D eigenvalue weighted by atomic mass is 16.5. The molecule has 5 nitrogen and oxygen atoms in total. The van der Waals surface area contributed by atoms with E-state index in [4.69, 9.17) is 9.84 Å². The number of ether oxygens (including phenoxy) is 1. The first-order valence-corrected chi connectivity index (χ1v) is 5.41. The minimum Gasteiger partial charge on any atom is -0.480 e. The molecule has 0 aromatic carbocycles. The summed E-state index contributed by atoms with van der Waals surface area (Å²) in [5.41, 5.74) is 0. The Labute approximate surface area is 94.5 Å². The molecule has 5 heteroatoms. The zero-order valence-corrected chi connectivity index (χ0v) is 9.15. The molecule has 2 N–H and O–H groups in total. The second-order valence-corrected chi connectivity index (χ2v) is 3.77.